The second kappa shape index (κ2) is 5.44. The number of thiophene rings is 1. The van der Waals surface area contributed by atoms with Gasteiger partial charge in [0.25, 0.3) is 0 Å². The lowest BCUT2D eigenvalue weighted by molar-refractivity contribution is 0.773. The lowest BCUT2D eigenvalue weighted by atomic mass is 10.3. The first-order chi connectivity index (χ1) is 8.15. The fourth-order valence-corrected chi connectivity index (χ4v) is 2.29. The molecule has 4 nitrogen and oxygen atoms in total. The molecule has 3 N–H and O–H groups in total. The molecule has 17 heavy (non-hydrogen) atoms. The molecule has 0 bridgehead atoms. The molecule has 2 rings (SSSR count). The summed E-state index contributed by atoms with van der Waals surface area (Å²) in [5.41, 5.74) is 6.60. The van der Waals surface area contributed by atoms with Crippen molar-refractivity contribution >= 4 is 28.9 Å². The van der Waals surface area contributed by atoms with Crippen molar-refractivity contribution in [3.05, 3.63) is 28.9 Å². The van der Waals surface area contributed by atoms with Crippen molar-refractivity contribution in [3.8, 4) is 10.4 Å². The van der Waals surface area contributed by atoms with Gasteiger partial charge in [-0.05, 0) is 19.1 Å². The first kappa shape index (κ1) is 12.3. The molecule has 2 aromatic rings. The van der Waals surface area contributed by atoms with E-state index in [-0.39, 0.29) is 6.04 Å². The van der Waals surface area contributed by atoms with E-state index in [4.69, 9.17) is 17.3 Å². The summed E-state index contributed by atoms with van der Waals surface area (Å²) in [6.45, 7) is 2.58. The average molecular weight is 269 g/mol. The molecule has 0 amide bonds. The molecule has 2 heterocycles. The molecule has 0 saturated carbocycles. The summed E-state index contributed by atoms with van der Waals surface area (Å²) >= 11 is 7.39. The van der Waals surface area contributed by atoms with Gasteiger partial charge in [-0.2, -0.15) is 0 Å². The SMILES string of the molecule is CC(N)CNc1ncc(-c2ccc(Cl)s2)cn1. The molecule has 0 aliphatic heterocycles. The number of anilines is 1. The van der Waals surface area contributed by atoms with Gasteiger partial charge in [-0.15, -0.1) is 11.3 Å². The summed E-state index contributed by atoms with van der Waals surface area (Å²) in [6, 6.07) is 3.90. The fraction of sp³-hybridized carbons (Fsp3) is 0.273. The predicted octanol–water partition coefficient (Wildman–Crippen LogP) is 2.62. The van der Waals surface area contributed by atoms with Crippen molar-refractivity contribution in [1.82, 2.24) is 9.97 Å². The van der Waals surface area contributed by atoms with E-state index in [0.717, 1.165) is 14.8 Å². The first-order valence-electron chi connectivity index (χ1n) is 5.22. The van der Waals surface area contributed by atoms with Crippen LogP contribution in [0.5, 0.6) is 0 Å². The van der Waals surface area contributed by atoms with Gasteiger partial charge in [-0.25, -0.2) is 9.97 Å². The Balaban J connectivity index is 2.07. The highest BCUT2D eigenvalue weighted by atomic mass is 35.5. The van der Waals surface area contributed by atoms with Gasteiger partial charge in [0, 0.05) is 35.4 Å². The molecule has 90 valence electrons. The summed E-state index contributed by atoms with van der Waals surface area (Å²) in [7, 11) is 0. The van der Waals surface area contributed by atoms with Crippen LogP contribution in [0.2, 0.25) is 4.34 Å². The average Bonchev–Trinajstić information content (AvgIpc) is 2.74. The molecule has 2 aromatic heterocycles. The Hall–Kier alpha value is -1.17. The van der Waals surface area contributed by atoms with Crippen LogP contribution in [0.15, 0.2) is 24.5 Å². The maximum atomic E-state index is 5.88. The lowest BCUT2D eigenvalue weighted by Crippen LogP contribution is -2.25. The Bertz CT molecular complexity index is 480. The topological polar surface area (TPSA) is 63.8 Å². The Kier molecular flexibility index (Phi) is 3.93. The minimum atomic E-state index is 0.0781. The van der Waals surface area contributed by atoms with Gasteiger partial charge in [0.1, 0.15) is 0 Å². The van der Waals surface area contributed by atoms with Crippen molar-refractivity contribution in [2.24, 2.45) is 5.73 Å². The zero-order valence-corrected chi connectivity index (χ0v) is 10.9. The van der Waals surface area contributed by atoms with Crippen LogP contribution in [0.4, 0.5) is 5.95 Å². The van der Waals surface area contributed by atoms with Crippen molar-refractivity contribution in [1.29, 1.82) is 0 Å². The highest BCUT2D eigenvalue weighted by molar-refractivity contribution is 7.19. The van der Waals surface area contributed by atoms with Crippen LogP contribution in [0, 0.1) is 0 Å². The highest BCUT2D eigenvalue weighted by Crippen LogP contribution is 2.30. The monoisotopic (exact) mass is 268 g/mol. The van der Waals surface area contributed by atoms with E-state index >= 15 is 0 Å². The van der Waals surface area contributed by atoms with Crippen LogP contribution in [-0.2, 0) is 0 Å². The van der Waals surface area contributed by atoms with E-state index in [0.29, 0.717) is 12.5 Å². The zero-order chi connectivity index (χ0) is 12.3. The van der Waals surface area contributed by atoms with E-state index in [1.807, 2.05) is 19.1 Å². The van der Waals surface area contributed by atoms with Crippen molar-refractivity contribution in [3.63, 3.8) is 0 Å². The summed E-state index contributed by atoms with van der Waals surface area (Å²) in [5, 5.41) is 3.06. The van der Waals surface area contributed by atoms with Crippen molar-refractivity contribution < 1.29 is 0 Å². The number of aromatic nitrogens is 2. The van der Waals surface area contributed by atoms with Crippen LogP contribution < -0.4 is 11.1 Å². The second-order valence-electron chi connectivity index (χ2n) is 3.76. The van der Waals surface area contributed by atoms with Gasteiger partial charge in [0.05, 0.1) is 4.34 Å². The quantitative estimate of drug-likeness (QED) is 0.895. The number of rotatable bonds is 4. The van der Waals surface area contributed by atoms with E-state index in [9.17, 15) is 0 Å². The molecule has 6 heteroatoms. The third kappa shape index (κ3) is 3.39. The Morgan fingerprint density at radius 3 is 2.65 bits per heavy atom. The zero-order valence-electron chi connectivity index (χ0n) is 9.35. The smallest absolute Gasteiger partial charge is 0.222 e. The summed E-state index contributed by atoms with van der Waals surface area (Å²) < 4.78 is 0.763. The first-order valence-corrected chi connectivity index (χ1v) is 6.42. The van der Waals surface area contributed by atoms with Crippen molar-refractivity contribution in [2.75, 3.05) is 11.9 Å². The van der Waals surface area contributed by atoms with Gasteiger partial charge in [0.15, 0.2) is 0 Å². The number of halogens is 1. The largest absolute Gasteiger partial charge is 0.353 e. The van der Waals surface area contributed by atoms with Gasteiger partial charge in [-0.1, -0.05) is 11.6 Å². The summed E-state index contributed by atoms with van der Waals surface area (Å²) in [6.07, 6.45) is 3.55. The lowest BCUT2D eigenvalue weighted by Gasteiger charge is -2.07. The minimum Gasteiger partial charge on any atom is -0.353 e. The number of hydrogen-bond acceptors (Lipinski definition) is 5. The number of nitrogens with zero attached hydrogens (tertiary/aromatic N) is 2. The van der Waals surface area contributed by atoms with E-state index in [1.54, 1.807) is 12.4 Å². The normalized spacial score (nSPS) is 12.4. The molecule has 0 aliphatic carbocycles. The highest BCUT2D eigenvalue weighted by Gasteiger charge is 2.03. The molecular formula is C11H13ClN4S. The maximum absolute atomic E-state index is 5.88. The molecule has 0 fully saturated rings. The van der Waals surface area contributed by atoms with Gasteiger partial charge < -0.3 is 11.1 Å². The van der Waals surface area contributed by atoms with E-state index in [2.05, 4.69) is 15.3 Å². The van der Waals surface area contributed by atoms with Crippen molar-refractivity contribution in [2.45, 2.75) is 13.0 Å². The van der Waals surface area contributed by atoms with E-state index < -0.39 is 0 Å². The maximum Gasteiger partial charge on any atom is 0.222 e. The molecule has 0 spiro atoms. The molecule has 1 atom stereocenters. The van der Waals surface area contributed by atoms with E-state index in [1.165, 1.54) is 11.3 Å². The number of nitrogens with one attached hydrogen (secondary N) is 1. The molecule has 1 unspecified atom stereocenters. The molecule has 0 saturated heterocycles. The number of hydrogen-bond donors (Lipinski definition) is 2. The Morgan fingerprint density at radius 1 is 1.41 bits per heavy atom. The van der Waals surface area contributed by atoms with Gasteiger partial charge >= 0.3 is 0 Å². The van der Waals surface area contributed by atoms with Crippen LogP contribution in [0.25, 0.3) is 10.4 Å². The van der Waals surface area contributed by atoms with Crippen LogP contribution in [-0.4, -0.2) is 22.6 Å². The molecule has 0 aromatic carbocycles. The fourth-order valence-electron chi connectivity index (χ4n) is 1.27. The minimum absolute atomic E-state index is 0.0781. The predicted molar refractivity (Wildman–Crippen MR) is 72.5 cm³/mol. The van der Waals surface area contributed by atoms with Crippen LogP contribution in [0.3, 0.4) is 0 Å². The van der Waals surface area contributed by atoms with Gasteiger partial charge in [-0.3, -0.25) is 0 Å². The third-order valence-electron chi connectivity index (χ3n) is 2.09. The van der Waals surface area contributed by atoms with Gasteiger partial charge in [0.2, 0.25) is 5.95 Å². The van der Waals surface area contributed by atoms with Crippen LogP contribution >= 0.6 is 22.9 Å². The Labute approximate surface area is 109 Å². The molecule has 0 aliphatic rings. The standard InChI is InChI=1S/C11H13ClN4S/c1-7(13)4-14-11-15-5-8(6-16-11)9-2-3-10(12)17-9/h2-3,5-7H,4,13H2,1H3,(H,14,15,16). The number of nitrogens with two attached hydrogens (primary N) is 1. The second-order valence-corrected chi connectivity index (χ2v) is 5.47. The summed E-state index contributed by atoms with van der Waals surface area (Å²) in [5.74, 6) is 0.591. The summed E-state index contributed by atoms with van der Waals surface area (Å²) in [4.78, 5) is 9.51. The Morgan fingerprint density at radius 2 is 2.12 bits per heavy atom. The van der Waals surface area contributed by atoms with Crippen LogP contribution in [0.1, 0.15) is 6.92 Å². The molecular weight excluding hydrogens is 256 g/mol. The third-order valence-corrected chi connectivity index (χ3v) is 3.37. The molecule has 0 radical (unpaired) electrons.